The molecule has 4 nitrogen and oxygen atoms in total. The van der Waals surface area contributed by atoms with Crippen LogP contribution in [0.5, 0.6) is 0 Å². The molecule has 0 unspecified atom stereocenters. The zero-order valence-electron chi connectivity index (χ0n) is 9.15. The van der Waals surface area contributed by atoms with E-state index in [1.54, 1.807) is 17.0 Å². The molecule has 1 aliphatic rings. The number of hydrogen-bond acceptors (Lipinski definition) is 2. The number of piperidine rings is 1. The maximum atomic E-state index is 11.8. The molecule has 2 rings (SSSR count). The standard InChI is InChI=1S/C12H12BrNO3/c13-8-4-5-9(12(16)17)10(7-8)14-6-2-1-3-11(14)15/h4-5,7H,1-3,6H2,(H,16,17). The zero-order chi connectivity index (χ0) is 12.4. The number of aromatic carboxylic acids is 1. The Morgan fingerprint density at radius 1 is 1.35 bits per heavy atom. The highest BCUT2D eigenvalue weighted by atomic mass is 79.9. The number of amides is 1. The van der Waals surface area contributed by atoms with Crippen LogP contribution in [0.2, 0.25) is 0 Å². The van der Waals surface area contributed by atoms with Gasteiger partial charge in [0.25, 0.3) is 0 Å². The highest BCUT2D eigenvalue weighted by molar-refractivity contribution is 9.10. The van der Waals surface area contributed by atoms with E-state index in [0.717, 1.165) is 17.3 Å². The number of halogens is 1. The van der Waals surface area contributed by atoms with Crippen molar-refractivity contribution in [2.24, 2.45) is 0 Å². The lowest BCUT2D eigenvalue weighted by molar-refractivity contribution is -0.119. The van der Waals surface area contributed by atoms with Gasteiger partial charge in [0, 0.05) is 17.4 Å². The molecule has 1 aromatic carbocycles. The van der Waals surface area contributed by atoms with Gasteiger partial charge in [0.05, 0.1) is 11.3 Å². The van der Waals surface area contributed by atoms with Crippen LogP contribution < -0.4 is 4.90 Å². The molecule has 0 radical (unpaired) electrons. The number of anilines is 1. The second-order valence-corrected chi connectivity index (χ2v) is 4.88. The number of benzene rings is 1. The number of rotatable bonds is 2. The molecule has 90 valence electrons. The van der Waals surface area contributed by atoms with Gasteiger partial charge in [0.1, 0.15) is 0 Å². The molecule has 1 fully saturated rings. The summed E-state index contributed by atoms with van der Waals surface area (Å²) in [6, 6.07) is 4.87. The predicted molar refractivity (Wildman–Crippen MR) is 67.3 cm³/mol. The number of hydrogen-bond donors (Lipinski definition) is 1. The maximum absolute atomic E-state index is 11.8. The Morgan fingerprint density at radius 3 is 2.76 bits per heavy atom. The van der Waals surface area contributed by atoms with E-state index in [9.17, 15) is 9.59 Å². The van der Waals surface area contributed by atoms with Crippen LogP contribution in [-0.2, 0) is 4.79 Å². The number of carboxylic acid groups (broad SMARTS) is 1. The van der Waals surface area contributed by atoms with E-state index in [4.69, 9.17) is 5.11 Å². The maximum Gasteiger partial charge on any atom is 0.337 e. The first-order chi connectivity index (χ1) is 8.09. The van der Waals surface area contributed by atoms with E-state index in [0.29, 0.717) is 18.7 Å². The molecule has 1 saturated heterocycles. The van der Waals surface area contributed by atoms with Crippen molar-refractivity contribution in [3.05, 3.63) is 28.2 Å². The Balaban J connectivity index is 2.45. The Bertz CT molecular complexity index is 473. The number of nitrogens with zero attached hydrogens (tertiary/aromatic N) is 1. The molecular weight excluding hydrogens is 286 g/mol. The Hall–Kier alpha value is -1.36. The van der Waals surface area contributed by atoms with Crippen molar-refractivity contribution in [1.29, 1.82) is 0 Å². The smallest absolute Gasteiger partial charge is 0.337 e. The van der Waals surface area contributed by atoms with Gasteiger partial charge >= 0.3 is 5.97 Å². The van der Waals surface area contributed by atoms with E-state index >= 15 is 0 Å². The summed E-state index contributed by atoms with van der Waals surface area (Å²) in [5, 5.41) is 9.12. The number of carbonyl (C=O) groups is 2. The zero-order valence-corrected chi connectivity index (χ0v) is 10.7. The first-order valence-electron chi connectivity index (χ1n) is 5.43. The van der Waals surface area contributed by atoms with Crippen LogP contribution in [0.3, 0.4) is 0 Å². The first-order valence-corrected chi connectivity index (χ1v) is 6.22. The molecule has 1 N–H and O–H groups in total. The fourth-order valence-electron chi connectivity index (χ4n) is 1.97. The van der Waals surface area contributed by atoms with Crippen molar-refractivity contribution in [3.8, 4) is 0 Å². The molecule has 0 spiro atoms. The Kier molecular flexibility index (Phi) is 3.47. The Morgan fingerprint density at radius 2 is 2.12 bits per heavy atom. The van der Waals surface area contributed by atoms with Crippen LogP contribution in [0.25, 0.3) is 0 Å². The number of carbonyl (C=O) groups excluding carboxylic acids is 1. The van der Waals surface area contributed by atoms with Crippen LogP contribution in [0, 0.1) is 0 Å². The summed E-state index contributed by atoms with van der Waals surface area (Å²) in [5.74, 6) is -1.01. The van der Waals surface area contributed by atoms with Crippen molar-refractivity contribution < 1.29 is 14.7 Å². The second-order valence-electron chi connectivity index (χ2n) is 3.97. The van der Waals surface area contributed by atoms with Crippen LogP contribution in [-0.4, -0.2) is 23.5 Å². The summed E-state index contributed by atoms with van der Waals surface area (Å²) >= 11 is 3.30. The minimum Gasteiger partial charge on any atom is -0.478 e. The van der Waals surface area contributed by atoms with Gasteiger partial charge in [0.2, 0.25) is 5.91 Å². The highest BCUT2D eigenvalue weighted by Gasteiger charge is 2.24. The minimum absolute atomic E-state index is 0.00292. The van der Waals surface area contributed by atoms with Crippen molar-refractivity contribution in [1.82, 2.24) is 0 Å². The van der Waals surface area contributed by atoms with Crippen molar-refractivity contribution in [3.63, 3.8) is 0 Å². The molecule has 0 aliphatic carbocycles. The van der Waals surface area contributed by atoms with Crippen molar-refractivity contribution in [2.45, 2.75) is 19.3 Å². The summed E-state index contributed by atoms with van der Waals surface area (Å²) in [7, 11) is 0. The molecule has 1 aromatic rings. The van der Waals surface area contributed by atoms with Crippen LogP contribution in [0.1, 0.15) is 29.6 Å². The lowest BCUT2D eigenvalue weighted by Crippen LogP contribution is -2.36. The third kappa shape index (κ3) is 2.49. The molecule has 17 heavy (non-hydrogen) atoms. The summed E-state index contributed by atoms with van der Waals surface area (Å²) < 4.78 is 0.774. The van der Waals surface area contributed by atoms with Gasteiger partial charge in [-0.25, -0.2) is 4.79 Å². The normalized spacial score (nSPS) is 16.1. The van der Waals surface area contributed by atoms with E-state index in [1.165, 1.54) is 6.07 Å². The number of carboxylic acids is 1. The summed E-state index contributed by atoms with van der Waals surface area (Å²) in [5.41, 5.74) is 0.653. The van der Waals surface area contributed by atoms with Gasteiger partial charge in [-0.15, -0.1) is 0 Å². The topological polar surface area (TPSA) is 57.6 Å². The molecule has 0 aromatic heterocycles. The van der Waals surface area contributed by atoms with E-state index in [-0.39, 0.29) is 11.5 Å². The fraction of sp³-hybridized carbons (Fsp3) is 0.333. The van der Waals surface area contributed by atoms with Crippen molar-refractivity contribution in [2.75, 3.05) is 11.4 Å². The fourth-order valence-corrected chi connectivity index (χ4v) is 2.32. The molecule has 0 bridgehead atoms. The van der Waals surface area contributed by atoms with E-state index < -0.39 is 5.97 Å². The van der Waals surface area contributed by atoms with Gasteiger partial charge in [-0.05, 0) is 31.0 Å². The van der Waals surface area contributed by atoms with Gasteiger partial charge in [0.15, 0.2) is 0 Å². The molecule has 1 aliphatic heterocycles. The predicted octanol–water partition coefficient (Wildman–Crippen LogP) is 2.66. The molecule has 1 heterocycles. The SMILES string of the molecule is O=C(O)c1ccc(Br)cc1N1CCCCC1=O. The highest BCUT2D eigenvalue weighted by Crippen LogP contribution is 2.28. The first kappa shape index (κ1) is 12.1. The lowest BCUT2D eigenvalue weighted by atomic mass is 10.1. The van der Waals surface area contributed by atoms with Crippen LogP contribution in [0.4, 0.5) is 5.69 Å². The summed E-state index contributed by atoms with van der Waals surface area (Å²) in [6.07, 6.45) is 2.29. The van der Waals surface area contributed by atoms with Gasteiger partial charge in [-0.3, -0.25) is 4.79 Å². The monoisotopic (exact) mass is 297 g/mol. The van der Waals surface area contributed by atoms with Crippen LogP contribution >= 0.6 is 15.9 Å². The molecular formula is C12H12BrNO3. The summed E-state index contributed by atoms with van der Waals surface area (Å²) in [4.78, 5) is 24.5. The van der Waals surface area contributed by atoms with Gasteiger partial charge < -0.3 is 10.0 Å². The molecule has 0 atom stereocenters. The Labute approximate surface area is 107 Å². The van der Waals surface area contributed by atoms with Gasteiger partial charge in [-0.2, -0.15) is 0 Å². The third-order valence-electron chi connectivity index (χ3n) is 2.80. The van der Waals surface area contributed by atoms with E-state index in [1.807, 2.05) is 0 Å². The molecule has 0 saturated carbocycles. The average molecular weight is 298 g/mol. The average Bonchev–Trinajstić information content (AvgIpc) is 2.29. The second kappa shape index (κ2) is 4.87. The third-order valence-corrected chi connectivity index (χ3v) is 3.30. The van der Waals surface area contributed by atoms with Gasteiger partial charge in [-0.1, -0.05) is 15.9 Å². The molecule has 1 amide bonds. The van der Waals surface area contributed by atoms with E-state index in [2.05, 4.69) is 15.9 Å². The largest absolute Gasteiger partial charge is 0.478 e. The quantitative estimate of drug-likeness (QED) is 0.913. The van der Waals surface area contributed by atoms with Crippen molar-refractivity contribution >= 4 is 33.5 Å². The van der Waals surface area contributed by atoms with Crippen LogP contribution in [0.15, 0.2) is 22.7 Å². The minimum atomic E-state index is -1.01. The summed E-state index contributed by atoms with van der Waals surface area (Å²) in [6.45, 7) is 0.593. The molecule has 5 heteroatoms. The lowest BCUT2D eigenvalue weighted by Gasteiger charge is -2.28.